The number of rotatable bonds is 0. The third-order valence-electron chi connectivity index (χ3n) is 1.24. The molecule has 0 nitrogen and oxygen atoms in total. The molecule has 0 aromatic rings. The van der Waals surface area contributed by atoms with Crippen LogP contribution in [-0.2, 0) is 18.8 Å². The van der Waals surface area contributed by atoms with E-state index in [2.05, 4.69) is 33.7 Å². The molecule has 0 unspecified atom stereocenters. The zero-order valence-corrected chi connectivity index (χ0v) is 8.78. The van der Waals surface area contributed by atoms with Gasteiger partial charge in [0.15, 0.2) is 0 Å². The fraction of sp³-hybridized carbons (Fsp3) is 0.500. The van der Waals surface area contributed by atoms with Gasteiger partial charge in [-0.1, -0.05) is 25.0 Å². The van der Waals surface area contributed by atoms with Crippen molar-refractivity contribution in [2.24, 2.45) is 0 Å². The Morgan fingerprint density at radius 3 is 2.60 bits per heavy atom. The van der Waals surface area contributed by atoms with Crippen molar-refractivity contribution in [2.75, 3.05) is 0 Å². The van der Waals surface area contributed by atoms with Crippen molar-refractivity contribution in [1.82, 2.24) is 0 Å². The summed E-state index contributed by atoms with van der Waals surface area (Å²) >= 11 is 1.61. The van der Waals surface area contributed by atoms with Crippen molar-refractivity contribution in [3.8, 4) is 0 Å². The molecule has 10 heavy (non-hydrogen) atoms. The molecule has 1 aliphatic rings. The standard InChI is InChI=1S/C8H11.ClH.Pt/c1-2-4-6-8-7-5-3-1;;/h1-2,7H,3-6H2;1H;/q-1;;+2/p-1. The quantitative estimate of drug-likeness (QED) is 0.470. The molecule has 60 valence electrons. The monoisotopic (exact) mass is 337 g/mol. The van der Waals surface area contributed by atoms with Crippen LogP contribution in [0, 0.1) is 6.08 Å². The van der Waals surface area contributed by atoms with Crippen LogP contribution >= 0.6 is 9.42 Å². The molecule has 0 aliphatic heterocycles. The second-order valence-corrected chi connectivity index (χ2v) is 2.00. The molecule has 1 rings (SSSR count). The van der Waals surface area contributed by atoms with E-state index in [1.54, 1.807) is 18.8 Å². The Bertz CT molecular complexity index is 81.8. The minimum atomic E-state index is 1.11. The predicted molar refractivity (Wildman–Crippen MR) is 41.3 cm³/mol. The second kappa shape index (κ2) is 9.46. The van der Waals surface area contributed by atoms with Crippen molar-refractivity contribution in [2.45, 2.75) is 25.7 Å². The summed E-state index contributed by atoms with van der Waals surface area (Å²) in [5.41, 5.74) is 0. The van der Waals surface area contributed by atoms with Crippen LogP contribution < -0.4 is 0 Å². The van der Waals surface area contributed by atoms with Crippen LogP contribution in [0.2, 0.25) is 0 Å². The van der Waals surface area contributed by atoms with Gasteiger partial charge in [-0.05, 0) is 6.42 Å². The van der Waals surface area contributed by atoms with Gasteiger partial charge in [-0.15, -0.1) is 0 Å². The minimum absolute atomic E-state index is 1.11. The third-order valence-corrected chi connectivity index (χ3v) is 1.24. The molecule has 0 spiro atoms. The van der Waals surface area contributed by atoms with E-state index in [-0.39, 0.29) is 0 Å². The number of allylic oxidation sites excluding steroid dienone is 4. The molecule has 0 aromatic heterocycles. The Morgan fingerprint density at radius 1 is 1.10 bits per heavy atom. The van der Waals surface area contributed by atoms with Crippen LogP contribution in [0.1, 0.15) is 25.7 Å². The maximum absolute atomic E-state index is 4.61. The van der Waals surface area contributed by atoms with Crippen LogP contribution in [-0.4, -0.2) is 0 Å². The van der Waals surface area contributed by atoms with Gasteiger partial charge in [0, 0.05) is 0 Å². The summed E-state index contributed by atoms with van der Waals surface area (Å²) in [7, 11) is 4.61. The average Bonchev–Trinajstić information content (AvgIpc) is 1.90. The van der Waals surface area contributed by atoms with Gasteiger partial charge in [-0.2, -0.15) is 6.42 Å². The van der Waals surface area contributed by atoms with Crippen molar-refractivity contribution < 1.29 is 18.8 Å². The van der Waals surface area contributed by atoms with Crippen LogP contribution in [0.4, 0.5) is 0 Å². The average molecular weight is 338 g/mol. The topological polar surface area (TPSA) is 0 Å². The molecule has 0 saturated carbocycles. The predicted octanol–water partition coefficient (Wildman–Crippen LogP) is 3.16. The normalized spacial score (nSPS) is 16.7. The van der Waals surface area contributed by atoms with Gasteiger partial charge >= 0.3 is 28.2 Å². The zero-order valence-electron chi connectivity index (χ0n) is 5.75. The SMILES string of the molecule is [C-]1=CCCC=CCC1.[Cl][Pt+]. The van der Waals surface area contributed by atoms with Gasteiger partial charge in [0.05, 0.1) is 0 Å². The molecule has 1 aliphatic carbocycles. The first-order valence-electron chi connectivity index (χ1n) is 3.32. The van der Waals surface area contributed by atoms with Crippen molar-refractivity contribution in [3.63, 3.8) is 0 Å². The van der Waals surface area contributed by atoms with Crippen LogP contribution in [0.25, 0.3) is 0 Å². The van der Waals surface area contributed by atoms with E-state index in [1.807, 2.05) is 0 Å². The van der Waals surface area contributed by atoms with E-state index in [0.717, 1.165) is 6.42 Å². The summed E-state index contributed by atoms with van der Waals surface area (Å²) < 4.78 is 0. The number of hydrogen-bond donors (Lipinski definition) is 0. The van der Waals surface area contributed by atoms with E-state index >= 15 is 0 Å². The van der Waals surface area contributed by atoms with Crippen LogP contribution in [0.3, 0.4) is 0 Å². The molecule has 0 radical (unpaired) electrons. The van der Waals surface area contributed by atoms with E-state index in [4.69, 9.17) is 0 Å². The van der Waals surface area contributed by atoms with E-state index in [1.165, 1.54) is 19.3 Å². The van der Waals surface area contributed by atoms with Crippen molar-refractivity contribution >= 4 is 9.42 Å². The fourth-order valence-electron chi connectivity index (χ4n) is 0.786. The number of hydrogen-bond acceptors (Lipinski definition) is 0. The fourth-order valence-corrected chi connectivity index (χ4v) is 0.786. The molecule has 0 aromatic carbocycles. The van der Waals surface area contributed by atoms with Gasteiger partial charge in [0.1, 0.15) is 0 Å². The Kier molecular flexibility index (Phi) is 9.89. The molecule has 0 heterocycles. The summed E-state index contributed by atoms with van der Waals surface area (Å²) in [6.07, 6.45) is 14.5. The van der Waals surface area contributed by atoms with Gasteiger partial charge in [-0.25, -0.2) is 0 Å². The first-order valence-corrected chi connectivity index (χ1v) is 6.14. The van der Waals surface area contributed by atoms with Crippen LogP contribution in [0.15, 0.2) is 18.2 Å². The summed E-state index contributed by atoms with van der Waals surface area (Å²) in [6.45, 7) is 0. The van der Waals surface area contributed by atoms with E-state index < -0.39 is 0 Å². The van der Waals surface area contributed by atoms with Gasteiger partial charge in [0.25, 0.3) is 0 Å². The molecule has 0 saturated heterocycles. The van der Waals surface area contributed by atoms with Gasteiger partial charge < -0.3 is 6.08 Å². The Labute approximate surface area is 78.2 Å². The van der Waals surface area contributed by atoms with Crippen molar-refractivity contribution in [3.05, 3.63) is 24.3 Å². The molecule has 0 N–H and O–H groups in total. The van der Waals surface area contributed by atoms with Crippen LogP contribution in [0.5, 0.6) is 0 Å². The molecule has 2 heteroatoms. The molecular formula is C8H11ClPt. The van der Waals surface area contributed by atoms with E-state index in [0.29, 0.717) is 0 Å². The maximum atomic E-state index is 4.61. The summed E-state index contributed by atoms with van der Waals surface area (Å²) in [4.78, 5) is 0. The molecule has 0 fully saturated rings. The first kappa shape index (κ1) is 10.5. The second-order valence-electron chi connectivity index (χ2n) is 2.00. The van der Waals surface area contributed by atoms with Gasteiger partial charge in [-0.3, -0.25) is 6.08 Å². The number of halogens is 1. The van der Waals surface area contributed by atoms with Gasteiger partial charge in [0.2, 0.25) is 0 Å². The molecule has 0 atom stereocenters. The Morgan fingerprint density at radius 2 is 1.80 bits per heavy atom. The Hall–Kier alpha value is 0.458. The summed E-state index contributed by atoms with van der Waals surface area (Å²) in [6, 6.07) is 0. The molecular weight excluding hydrogens is 327 g/mol. The Balaban J connectivity index is 0.000000371. The van der Waals surface area contributed by atoms with Crippen molar-refractivity contribution in [1.29, 1.82) is 0 Å². The molecule has 0 amide bonds. The summed E-state index contributed by atoms with van der Waals surface area (Å²) in [5.74, 6) is 0. The summed E-state index contributed by atoms with van der Waals surface area (Å²) in [5, 5.41) is 0. The molecule has 0 bridgehead atoms. The van der Waals surface area contributed by atoms with E-state index in [9.17, 15) is 0 Å². The third kappa shape index (κ3) is 6.58. The zero-order chi connectivity index (χ0) is 7.66. The first-order chi connectivity index (χ1) is 5.00.